The number of carbonyl (C=O) groups excluding carboxylic acids is 1. The first-order valence-corrected chi connectivity index (χ1v) is 8.24. The Labute approximate surface area is 156 Å². The molecule has 2 heterocycles. The Balaban J connectivity index is 1.65. The molecular weight excluding hydrogens is 387 g/mol. The van der Waals surface area contributed by atoms with E-state index in [0.29, 0.717) is 13.1 Å². The summed E-state index contributed by atoms with van der Waals surface area (Å²) in [7, 11) is 0. The second-order valence-electron chi connectivity index (χ2n) is 5.93. The van der Waals surface area contributed by atoms with Crippen LogP contribution in [0, 0.1) is 0 Å². The Morgan fingerprint density at radius 2 is 1.68 bits per heavy atom. The number of piperazine rings is 1. The summed E-state index contributed by atoms with van der Waals surface area (Å²) in [5.74, 6) is -0.408. The molecule has 6 nitrogen and oxygen atoms in total. The second-order valence-corrected chi connectivity index (χ2v) is 5.93. The molecule has 1 amide bonds. The van der Waals surface area contributed by atoms with Crippen molar-refractivity contribution in [1.82, 2.24) is 15.1 Å². The summed E-state index contributed by atoms with van der Waals surface area (Å²) in [6.07, 6.45) is -4.57. The van der Waals surface area contributed by atoms with Gasteiger partial charge in [-0.25, -0.2) is 0 Å². The predicted octanol–water partition coefficient (Wildman–Crippen LogP) is 3.06. The molecule has 11 heteroatoms. The van der Waals surface area contributed by atoms with Gasteiger partial charge in [-0.2, -0.15) is 22.0 Å². The number of anilines is 1. The number of para-hydroxylation sites is 1. The molecule has 0 spiro atoms. The third kappa shape index (κ3) is 4.46. The van der Waals surface area contributed by atoms with Gasteiger partial charge in [0.1, 0.15) is 5.75 Å². The van der Waals surface area contributed by atoms with Gasteiger partial charge in [0.25, 0.3) is 5.91 Å². The summed E-state index contributed by atoms with van der Waals surface area (Å²) in [6.45, 7) is -1.95. The number of halogens is 5. The maximum Gasteiger partial charge on any atom is 0.435 e. The van der Waals surface area contributed by atoms with Gasteiger partial charge in [-0.3, -0.25) is 4.79 Å². The van der Waals surface area contributed by atoms with Crippen molar-refractivity contribution in [2.75, 3.05) is 31.1 Å². The summed E-state index contributed by atoms with van der Waals surface area (Å²) in [5.41, 5.74) is -1.06. The van der Waals surface area contributed by atoms with E-state index in [1.54, 1.807) is 11.0 Å². The van der Waals surface area contributed by atoms with Crippen molar-refractivity contribution in [2.24, 2.45) is 0 Å². The molecule has 3 rings (SSSR count). The van der Waals surface area contributed by atoms with Crippen LogP contribution in [0.3, 0.4) is 0 Å². The molecule has 0 atom stereocenters. The summed E-state index contributed by atoms with van der Waals surface area (Å²) < 4.78 is 67.1. The zero-order valence-corrected chi connectivity index (χ0v) is 14.4. The van der Waals surface area contributed by atoms with Crippen LogP contribution in [0.15, 0.2) is 36.4 Å². The van der Waals surface area contributed by atoms with Crippen LogP contribution in [0.2, 0.25) is 0 Å². The highest BCUT2D eigenvalue weighted by Gasteiger charge is 2.33. The van der Waals surface area contributed by atoms with E-state index < -0.39 is 24.4 Å². The largest absolute Gasteiger partial charge is 0.435 e. The Bertz CT molecular complexity index is 821. The minimum Gasteiger partial charge on any atom is -0.434 e. The molecule has 0 unspecified atom stereocenters. The fourth-order valence-corrected chi connectivity index (χ4v) is 2.80. The zero-order valence-electron chi connectivity index (χ0n) is 14.4. The molecule has 0 radical (unpaired) electrons. The Morgan fingerprint density at radius 1 is 1.00 bits per heavy atom. The van der Waals surface area contributed by atoms with Gasteiger partial charge in [-0.15, -0.1) is 10.2 Å². The molecule has 1 saturated heterocycles. The first-order valence-electron chi connectivity index (χ1n) is 8.24. The monoisotopic (exact) mass is 402 g/mol. The number of rotatable bonds is 4. The number of aromatic nitrogens is 2. The topological polar surface area (TPSA) is 58.6 Å². The van der Waals surface area contributed by atoms with Crippen LogP contribution in [-0.4, -0.2) is 53.8 Å². The molecule has 0 aliphatic carbocycles. The smallest absolute Gasteiger partial charge is 0.434 e. The number of ether oxygens (including phenoxy) is 1. The lowest BCUT2D eigenvalue weighted by molar-refractivity contribution is -0.141. The Hall–Kier alpha value is -2.98. The molecule has 2 aromatic rings. The third-order valence-electron chi connectivity index (χ3n) is 4.17. The van der Waals surface area contributed by atoms with Crippen LogP contribution in [-0.2, 0) is 6.18 Å². The van der Waals surface area contributed by atoms with Crippen molar-refractivity contribution in [2.45, 2.75) is 12.8 Å². The number of nitrogens with zero attached hydrogens (tertiary/aromatic N) is 4. The van der Waals surface area contributed by atoms with Crippen LogP contribution in [0.1, 0.15) is 16.1 Å². The fraction of sp³-hybridized carbons (Fsp3) is 0.353. The SMILES string of the molecule is O=C(c1ccccc1OC(F)F)N1CCN(c2ccc(C(F)(F)F)nn2)CC1. The van der Waals surface area contributed by atoms with Gasteiger partial charge < -0.3 is 14.5 Å². The third-order valence-corrected chi connectivity index (χ3v) is 4.17. The van der Waals surface area contributed by atoms with Crippen LogP contribution in [0.5, 0.6) is 5.75 Å². The van der Waals surface area contributed by atoms with Crippen molar-refractivity contribution in [1.29, 1.82) is 0 Å². The van der Waals surface area contributed by atoms with Crippen LogP contribution in [0.25, 0.3) is 0 Å². The number of amides is 1. The highest BCUT2D eigenvalue weighted by Crippen LogP contribution is 2.28. The molecule has 1 aromatic heterocycles. The lowest BCUT2D eigenvalue weighted by Gasteiger charge is -2.35. The van der Waals surface area contributed by atoms with Crippen LogP contribution in [0.4, 0.5) is 27.8 Å². The molecular formula is C17H15F5N4O2. The van der Waals surface area contributed by atoms with Gasteiger partial charge in [0.05, 0.1) is 5.56 Å². The first-order chi connectivity index (χ1) is 13.3. The lowest BCUT2D eigenvalue weighted by atomic mass is 10.1. The van der Waals surface area contributed by atoms with Crippen LogP contribution >= 0.6 is 0 Å². The van der Waals surface area contributed by atoms with E-state index >= 15 is 0 Å². The van der Waals surface area contributed by atoms with E-state index in [2.05, 4.69) is 14.9 Å². The van der Waals surface area contributed by atoms with Crippen molar-refractivity contribution >= 4 is 11.7 Å². The number of hydrogen-bond donors (Lipinski definition) is 0. The fourth-order valence-electron chi connectivity index (χ4n) is 2.80. The molecule has 28 heavy (non-hydrogen) atoms. The molecule has 150 valence electrons. The first kappa shape index (κ1) is 19.8. The van der Waals surface area contributed by atoms with E-state index in [0.717, 1.165) is 6.07 Å². The summed E-state index contributed by atoms with van der Waals surface area (Å²) in [6, 6.07) is 7.77. The normalized spacial score (nSPS) is 15.1. The maximum absolute atomic E-state index is 12.6. The van der Waals surface area contributed by atoms with Crippen molar-refractivity contribution in [3.05, 3.63) is 47.7 Å². The number of benzene rings is 1. The molecule has 1 aliphatic rings. The van der Waals surface area contributed by atoms with Gasteiger partial charge in [-0.05, 0) is 24.3 Å². The van der Waals surface area contributed by atoms with Crippen molar-refractivity contribution < 1.29 is 31.5 Å². The van der Waals surface area contributed by atoms with Gasteiger partial charge in [0, 0.05) is 26.2 Å². The molecule has 1 fully saturated rings. The van der Waals surface area contributed by atoms with Crippen molar-refractivity contribution in [3.8, 4) is 5.75 Å². The van der Waals surface area contributed by atoms with E-state index in [-0.39, 0.29) is 30.2 Å². The van der Waals surface area contributed by atoms with E-state index in [4.69, 9.17) is 0 Å². The molecule has 0 saturated carbocycles. The molecule has 0 N–H and O–H groups in total. The predicted molar refractivity (Wildman–Crippen MR) is 88.2 cm³/mol. The highest BCUT2D eigenvalue weighted by atomic mass is 19.4. The summed E-state index contributed by atoms with van der Waals surface area (Å²) >= 11 is 0. The van der Waals surface area contributed by atoms with E-state index in [1.165, 1.54) is 29.2 Å². The standard InChI is InChI=1S/C17H15F5N4O2/c18-16(19)28-12-4-2-1-3-11(12)15(27)26-9-7-25(8-10-26)14-6-5-13(23-24-14)17(20,21)22/h1-6,16H,7-10H2. The molecule has 1 aromatic carbocycles. The molecule has 1 aliphatic heterocycles. The lowest BCUT2D eigenvalue weighted by Crippen LogP contribution is -2.49. The van der Waals surface area contributed by atoms with Gasteiger partial charge in [0.15, 0.2) is 11.5 Å². The van der Waals surface area contributed by atoms with Gasteiger partial charge in [-0.1, -0.05) is 12.1 Å². The minimum absolute atomic E-state index is 0.0190. The molecule has 0 bridgehead atoms. The second kappa shape index (κ2) is 7.95. The van der Waals surface area contributed by atoms with E-state index in [9.17, 15) is 26.7 Å². The Morgan fingerprint density at radius 3 is 2.25 bits per heavy atom. The van der Waals surface area contributed by atoms with Gasteiger partial charge >= 0.3 is 12.8 Å². The number of hydrogen-bond acceptors (Lipinski definition) is 5. The Kier molecular flexibility index (Phi) is 5.61. The van der Waals surface area contributed by atoms with Crippen LogP contribution < -0.4 is 9.64 Å². The zero-order chi connectivity index (χ0) is 20.3. The quantitative estimate of drug-likeness (QED) is 0.736. The number of carbonyl (C=O) groups is 1. The van der Waals surface area contributed by atoms with Crippen molar-refractivity contribution in [3.63, 3.8) is 0 Å². The maximum atomic E-state index is 12.6. The minimum atomic E-state index is -4.57. The summed E-state index contributed by atoms with van der Waals surface area (Å²) in [4.78, 5) is 15.8. The average molecular weight is 402 g/mol. The number of alkyl halides is 5. The highest BCUT2D eigenvalue weighted by molar-refractivity contribution is 5.97. The van der Waals surface area contributed by atoms with E-state index in [1.807, 2.05) is 0 Å². The van der Waals surface area contributed by atoms with Gasteiger partial charge in [0.2, 0.25) is 0 Å². The summed E-state index contributed by atoms with van der Waals surface area (Å²) in [5, 5.41) is 6.77. The average Bonchev–Trinajstić information content (AvgIpc) is 2.67.